The normalized spacial score (nSPS) is 13.5. The molecular weight excluding hydrogens is 714 g/mol. The number of halogens is 15. The highest BCUT2D eigenvalue weighted by Crippen LogP contribution is 2.31. The monoisotopic (exact) mass is 728 g/mol. The first kappa shape index (κ1) is 36.3. The second-order valence-electron chi connectivity index (χ2n) is 10.9. The molecule has 0 atom stereocenters. The summed E-state index contributed by atoms with van der Waals surface area (Å²) in [6.45, 7) is 0. The molecule has 1 fully saturated rings. The Hall–Kier alpha value is -4.97. The minimum atomic E-state index is -6.52. The van der Waals surface area contributed by atoms with Gasteiger partial charge in [0.2, 0.25) is 0 Å². The van der Waals surface area contributed by atoms with Crippen LogP contribution in [0, 0.1) is 87.3 Å². The van der Waals surface area contributed by atoms with Crippen LogP contribution in [-0.2, 0) is 4.65 Å². The van der Waals surface area contributed by atoms with Gasteiger partial charge < -0.3 is 4.65 Å². The van der Waals surface area contributed by atoms with Crippen molar-refractivity contribution in [1.29, 1.82) is 0 Å². The number of carbonyl (C=O) groups is 1. The number of hydrogen-bond donors (Lipinski definition) is 0. The number of aliphatic imine (C=N–C) groups is 1. The molecule has 1 saturated carbocycles. The molecule has 0 aliphatic heterocycles. The van der Waals surface area contributed by atoms with Gasteiger partial charge in [-0.1, -0.05) is 34.9 Å². The zero-order valence-electron chi connectivity index (χ0n) is 24.4. The smallest absolute Gasteiger partial charge is 0.293 e. The number of rotatable bonds is 6. The van der Waals surface area contributed by atoms with E-state index in [-0.39, 0.29) is 0 Å². The van der Waals surface area contributed by atoms with Gasteiger partial charge in [-0.05, 0) is 37.8 Å². The van der Waals surface area contributed by atoms with E-state index in [1.807, 2.05) is 0 Å². The zero-order valence-corrected chi connectivity index (χ0v) is 24.4. The van der Waals surface area contributed by atoms with Crippen molar-refractivity contribution in [2.24, 2.45) is 4.99 Å². The van der Waals surface area contributed by atoms with Crippen molar-refractivity contribution >= 4 is 40.1 Å². The Morgan fingerprint density at radius 2 is 0.800 bits per heavy atom. The van der Waals surface area contributed by atoms with E-state index in [1.165, 1.54) is 6.07 Å². The van der Waals surface area contributed by atoms with E-state index in [9.17, 15) is 44.3 Å². The summed E-state index contributed by atoms with van der Waals surface area (Å²) in [6, 6.07) is 3.95. The lowest BCUT2D eigenvalue weighted by Crippen LogP contribution is -2.75. The van der Waals surface area contributed by atoms with Crippen molar-refractivity contribution in [2.75, 3.05) is 0 Å². The quantitative estimate of drug-likeness (QED) is 0.0887. The first-order chi connectivity index (χ1) is 23.5. The van der Waals surface area contributed by atoms with Crippen LogP contribution in [0.4, 0.5) is 71.5 Å². The van der Waals surface area contributed by atoms with Crippen LogP contribution >= 0.6 is 0 Å². The highest BCUT2D eigenvalue weighted by atomic mass is 19.2. The Labute approximate surface area is 269 Å². The highest BCUT2D eigenvalue weighted by Gasteiger charge is 2.51. The van der Waals surface area contributed by atoms with Gasteiger partial charge in [-0.3, -0.25) is 9.79 Å². The molecule has 264 valence electrons. The maximum absolute atomic E-state index is 15.7. The van der Waals surface area contributed by atoms with E-state index >= 15 is 26.3 Å². The number of benzene rings is 4. The third-order valence-electron chi connectivity index (χ3n) is 8.07. The van der Waals surface area contributed by atoms with Crippen molar-refractivity contribution in [3.05, 3.63) is 117 Å². The Balaban J connectivity index is 2.04. The molecular formula is C31H14BF15NO2-. The Kier molecular flexibility index (Phi) is 9.73. The summed E-state index contributed by atoms with van der Waals surface area (Å²) in [7, 11) is 0. The molecule has 0 heterocycles. The fraction of sp³-hybridized carbons (Fsp3) is 0.161. The fourth-order valence-corrected chi connectivity index (χ4v) is 5.76. The van der Waals surface area contributed by atoms with Gasteiger partial charge in [-0.15, -0.1) is 0 Å². The van der Waals surface area contributed by atoms with Crippen LogP contribution in [0.1, 0.15) is 42.5 Å². The van der Waals surface area contributed by atoms with Gasteiger partial charge in [0.15, 0.2) is 52.4 Å². The van der Waals surface area contributed by atoms with E-state index in [2.05, 4.69) is 4.99 Å². The molecule has 4 aromatic rings. The standard InChI is InChI=1S/C31H14BF15NO2/c33-16-13(17(34)23(40)28(45)22(16)39)32(14-18(35)24(41)29(46)25(42)19(14)36,15-20(37)26(43)30(47)27(44)21(15)38)50-31(49)11-8-4-5-9-12(11)48-10-6-2-1-3-7-10/h4-5,8-9H,1-3,6-7H2/q-1. The topological polar surface area (TPSA) is 38.7 Å². The summed E-state index contributed by atoms with van der Waals surface area (Å²) in [5.74, 6) is -50.7. The van der Waals surface area contributed by atoms with Gasteiger partial charge in [0.05, 0.1) is 11.3 Å². The Morgan fingerprint density at radius 1 is 0.480 bits per heavy atom. The minimum absolute atomic E-state index is 0.330. The molecule has 0 radical (unpaired) electrons. The maximum atomic E-state index is 15.7. The lowest BCUT2D eigenvalue weighted by atomic mass is 9.27. The molecule has 0 unspecified atom stereocenters. The van der Waals surface area contributed by atoms with E-state index in [0.29, 0.717) is 31.4 Å². The molecule has 3 nitrogen and oxygen atoms in total. The number of nitrogens with zero attached hydrogens (tertiary/aromatic N) is 1. The summed E-state index contributed by atoms with van der Waals surface area (Å²) >= 11 is 0. The lowest BCUT2D eigenvalue weighted by Gasteiger charge is -2.44. The van der Waals surface area contributed by atoms with Crippen LogP contribution in [0.3, 0.4) is 0 Å². The van der Waals surface area contributed by atoms with Crippen LogP contribution in [0.25, 0.3) is 0 Å². The van der Waals surface area contributed by atoms with Crippen molar-refractivity contribution in [2.45, 2.75) is 32.1 Å². The second kappa shape index (κ2) is 13.4. The molecule has 4 aromatic carbocycles. The zero-order chi connectivity index (χ0) is 37.0. The Morgan fingerprint density at radius 3 is 1.16 bits per heavy atom. The fourth-order valence-electron chi connectivity index (χ4n) is 5.76. The van der Waals surface area contributed by atoms with Crippen molar-refractivity contribution in [1.82, 2.24) is 0 Å². The van der Waals surface area contributed by atoms with Gasteiger partial charge >= 0.3 is 0 Å². The molecule has 0 aromatic heterocycles. The molecule has 1 aliphatic carbocycles. The van der Waals surface area contributed by atoms with Crippen LogP contribution < -0.4 is 16.4 Å². The number of para-hydroxylation sites is 1. The molecule has 19 heteroatoms. The maximum Gasteiger partial charge on any atom is 0.293 e. The average molecular weight is 728 g/mol. The van der Waals surface area contributed by atoms with Crippen molar-refractivity contribution in [3.8, 4) is 0 Å². The van der Waals surface area contributed by atoms with Gasteiger partial charge in [0.25, 0.3) is 12.3 Å². The van der Waals surface area contributed by atoms with Crippen molar-refractivity contribution < 1.29 is 75.3 Å². The van der Waals surface area contributed by atoms with E-state index < -0.39 is 127 Å². The molecule has 0 saturated heterocycles. The Bertz CT molecular complexity index is 1860. The lowest BCUT2D eigenvalue weighted by molar-refractivity contribution is 0.0731. The SMILES string of the molecule is O=C(O[B-](c1c(F)c(F)c(F)c(F)c1F)(c1c(F)c(F)c(F)c(F)c1F)c1c(F)c(F)c(F)c(F)c1F)c1ccccc1N=C1CCCCC1. The van der Waals surface area contributed by atoms with Crippen LogP contribution in [0.15, 0.2) is 29.3 Å². The van der Waals surface area contributed by atoms with Gasteiger partial charge in [0, 0.05) is 5.71 Å². The van der Waals surface area contributed by atoms with Gasteiger partial charge in [0.1, 0.15) is 34.9 Å². The summed E-state index contributed by atoms with van der Waals surface area (Å²) in [5, 5.41) is 0. The van der Waals surface area contributed by atoms with Crippen LogP contribution in [0.5, 0.6) is 0 Å². The van der Waals surface area contributed by atoms with Crippen molar-refractivity contribution in [3.63, 3.8) is 0 Å². The molecule has 0 amide bonds. The van der Waals surface area contributed by atoms with E-state index in [4.69, 9.17) is 4.65 Å². The summed E-state index contributed by atoms with van der Waals surface area (Å²) in [4.78, 5) is 18.0. The molecule has 0 bridgehead atoms. The van der Waals surface area contributed by atoms with E-state index in [1.54, 1.807) is 0 Å². The first-order valence-electron chi connectivity index (χ1n) is 14.1. The molecule has 0 N–H and O–H groups in total. The largest absolute Gasteiger partial charge is 0.672 e. The molecule has 1 aliphatic rings. The van der Waals surface area contributed by atoms with E-state index in [0.717, 1.165) is 24.6 Å². The molecule has 50 heavy (non-hydrogen) atoms. The molecule has 0 spiro atoms. The van der Waals surface area contributed by atoms with Crippen LogP contribution in [-0.4, -0.2) is 18.0 Å². The third kappa shape index (κ3) is 5.55. The second-order valence-corrected chi connectivity index (χ2v) is 10.9. The number of carbonyl (C=O) groups excluding carboxylic acids is 1. The predicted molar refractivity (Wildman–Crippen MR) is 145 cm³/mol. The summed E-state index contributed by atoms with van der Waals surface area (Å²) in [5.41, 5.74) is -10.3. The first-order valence-corrected chi connectivity index (χ1v) is 14.1. The predicted octanol–water partition coefficient (Wildman–Crippen LogP) is 7.63. The summed E-state index contributed by atoms with van der Waals surface area (Å²) < 4.78 is 230. The number of hydrogen-bond acceptors (Lipinski definition) is 3. The highest BCUT2D eigenvalue weighted by molar-refractivity contribution is 7.08. The average Bonchev–Trinajstić information content (AvgIpc) is 3.10. The van der Waals surface area contributed by atoms with Gasteiger partial charge in [-0.2, -0.15) is 0 Å². The van der Waals surface area contributed by atoms with Gasteiger partial charge in [-0.25, -0.2) is 65.9 Å². The van der Waals surface area contributed by atoms with Crippen LogP contribution in [0.2, 0.25) is 0 Å². The summed E-state index contributed by atoms with van der Waals surface area (Å²) in [6.07, 6.45) is -3.91. The minimum Gasteiger partial charge on any atom is -0.672 e. The third-order valence-corrected chi connectivity index (χ3v) is 8.07. The molecule has 5 rings (SSSR count).